The fourth-order valence-electron chi connectivity index (χ4n) is 3.04. The molecule has 4 aromatic rings. The van der Waals surface area contributed by atoms with E-state index in [1.807, 2.05) is 0 Å². The number of carbonyl (C=O) groups is 2. The highest BCUT2D eigenvalue weighted by atomic mass is 35.5. The van der Waals surface area contributed by atoms with Gasteiger partial charge in [0.25, 0.3) is 5.91 Å². The van der Waals surface area contributed by atoms with Crippen molar-refractivity contribution in [2.45, 2.75) is 13.0 Å². The summed E-state index contributed by atoms with van der Waals surface area (Å²) < 4.78 is 6.81. The summed E-state index contributed by atoms with van der Waals surface area (Å²) in [6, 6.07) is 9.97. The van der Waals surface area contributed by atoms with E-state index in [9.17, 15) is 9.59 Å². The number of hydrogen-bond acceptors (Lipinski definition) is 8. The minimum Gasteiger partial charge on any atom is -0.441 e. The number of carbonyl (C=O) groups excluding carboxylic acids is 2. The van der Waals surface area contributed by atoms with Crippen molar-refractivity contribution in [3.05, 3.63) is 77.5 Å². The zero-order chi connectivity index (χ0) is 24.1. The van der Waals surface area contributed by atoms with Crippen molar-refractivity contribution in [2.75, 3.05) is 10.6 Å². The first-order valence-corrected chi connectivity index (χ1v) is 10.5. The third-order valence-corrected chi connectivity index (χ3v) is 5.08. The molecule has 172 valence electrons. The number of ether oxygens (including phenoxy) is 1. The summed E-state index contributed by atoms with van der Waals surface area (Å²) in [5.41, 5.74) is 2.31. The molecule has 0 aromatic carbocycles. The predicted octanol–water partition coefficient (Wildman–Crippen LogP) is 3.88. The van der Waals surface area contributed by atoms with E-state index < -0.39 is 12.2 Å². The number of rotatable bonds is 6. The Labute approximate surface area is 199 Å². The third-order valence-electron chi connectivity index (χ3n) is 4.76. The molecule has 2 N–H and O–H groups in total. The molecule has 0 unspecified atom stereocenters. The summed E-state index contributed by atoms with van der Waals surface area (Å²) in [6.07, 6.45) is 4.76. The Hall–Kier alpha value is -4.38. The van der Waals surface area contributed by atoms with E-state index in [0.29, 0.717) is 28.2 Å². The summed E-state index contributed by atoms with van der Waals surface area (Å²) in [5, 5.41) is 13.7. The number of nitrogens with zero attached hydrogens (tertiary/aromatic N) is 6. The Bertz CT molecular complexity index is 1310. The van der Waals surface area contributed by atoms with Crippen LogP contribution in [-0.4, -0.2) is 41.9 Å². The molecule has 0 spiro atoms. The lowest BCUT2D eigenvalue weighted by Gasteiger charge is -2.15. The molecule has 0 fully saturated rings. The van der Waals surface area contributed by atoms with Gasteiger partial charge in [-0.25, -0.2) is 14.5 Å². The fourth-order valence-corrected chi connectivity index (χ4v) is 3.31. The van der Waals surface area contributed by atoms with Crippen LogP contribution in [0.15, 0.2) is 61.2 Å². The SMILES string of the molecule is C[C@@H](OC(=O)Nc1c(-c2ccc(NC(=O)c3ccncc3)cn2)nnn1C)c1cccnc1Cl. The molecular formula is C22H19ClN8O3. The normalized spacial score (nSPS) is 11.5. The second kappa shape index (κ2) is 10.0. The molecule has 11 nitrogen and oxygen atoms in total. The number of pyridine rings is 3. The molecule has 34 heavy (non-hydrogen) atoms. The molecule has 0 aliphatic carbocycles. The van der Waals surface area contributed by atoms with Gasteiger partial charge in [-0.1, -0.05) is 22.9 Å². The van der Waals surface area contributed by atoms with E-state index in [0.717, 1.165) is 0 Å². The summed E-state index contributed by atoms with van der Waals surface area (Å²) >= 11 is 6.07. The Kier molecular flexibility index (Phi) is 6.74. The average Bonchev–Trinajstić information content (AvgIpc) is 3.20. The highest BCUT2D eigenvalue weighted by Crippen LogP contribution is 2.26. The number of halogens is 1. The van der Waals surface area contributed by atoms with Gasteiger partial charge in [0.05, 0.1) is 17.6 Å². The smallest absolute Gasteiger partial charge is 0.413 e. The lowest BCUT2D eigenvalue weighted by molar-refractivity contribution is 0.102. The molecular weight excluding hydrogens is 460 g/mol. The van der Waals surface area contributed by atoms with Crippen LogP contribution in [0.4, 0.5) is 16.3 Å². The van der Waals surface area contributed by atoms with Crippen LogP contribution < -0.4 is 10.6 Å². The van der Waals surface area contributed by atoms with Crippen LogP contribution in [0.3, 0.4) is 0 Å². The van der Waals surface area contributed by atoms with Gasteiger partial charge in [-0.15, -0.1) is 5.10 Å². The Morgan fingerprint density at radius 1 is 1.06 bits per heavy atom. The first-order valence-electron chi connectivity index (χ1n) is 10.1. The van der Waals surface area contributed by atoms with Crippen molar-refractivity contribution in [1.29, 1.82) is 0 Å². The fraction of sp³-hybridized carbons (Fsp3) is 0.136. The van der Waals surface area contributed by atoms with Gasteiger partial charge in [0, 0.05) is 36.8 Å². The minimum atomic E-state index is -0.722. The van der Waals surface area contributed by atoms with E-state index in [1.54, 1.807) is 56.6 Å². The van der Waals surface area contributed by atoms with E-state index in [2.05, 4.69) is 35.9 Å². The largest absolute Gasteiger partial charge is 0.441 e. The quantitative estimate of drug-likeness (QED) is 0.398. The first kappa shape index (κ1) is 22.8. The average molecular weight is 479 g/mol. The highest BCUT2D eigenvalue weighted by molar-refractivity contribution is 6.30. The molecule has 4 heterocycles. The van der Waals surface area contributed by atoms with Gasteiger partial charge in [0.15, 0.2) is 11.5 Å². The first-order chi connectivity index (χ1) is 16.4. The molecule has 2 amide bonds. The van der Waals surface area contributed by atoms with Crippen LogP contribution in [-0.2, 0) is 11.8 Å². The van der Waals surface area contributed by atoms with E-state index in [4.69, 9.17) is 16.3 Å². The number of aryl methyl sites for hydroxylation is 1. The van der Waals surface area contributed by atoms with Crippen LogP contribution in [0.1, 0.15) is 28.9 Å². The van der Waals surface area contributed by atoms with Crippen molar-refractivity contribution >= 4 is 35.1 Å². The molecule has 4 rings (SSSR count). The van der Waals surface area contributed by atoms with Gasteiger partial charge < -0.3 is 10.1 Å². The molecule has 1 atom stereocenters. The minimum absolute atomic E-state index is 0.256. The van der Waals surface area contributed by atoms with Gasteiger partial charge >= 0.3 is 6.09 Å². The Morgan fingerprint density at radius 2 is 1.85 bits per heavy atom. The topological polar surface area (TPSA) is 137 Å². The Morgan fingerprint density at radius 3 is 2.56 bits per heavy atom. The van der Waals surface area contributed by atoms with E-state index >= 15 is 0 Å². The monoisotopic (exact) mass is 478 g/mol. The van der Waals surface area contributed by atoms with Crippen molar-refractivity contribution in [3.63, 3.8) is 0 Å². The van der Waals surface area contributed by atoms with Gasteiger partial charge in [0.2, 0.25) is 0 Å². The molecule has 4 aromatic heterocycles. The number of aromatic nitrogens is 6. The van der Waals surface area contributed by atoms with Crippen LogP contribution >= 0.6 is 11.6 Å². The zero-order valence-corrected chi connectivity index (χ0v) is 18.9. The molecule has 0 bridgehead atoms. The third kappa shape index (κ3) is 5.15. The van der Waals surface area contributed by atoms with Crippen molar-refractivity contribution < 1.29 is 14.3 Å². The maximum Gasteiger partial charge on any atom is 0.413 e. The Balaban J connectivity index is 1.45. The van der Waals surface area contributed by atoms with E-state index in [1.165, 1.54) is 23.3 Å². The lowest BCUT2D eigenvalue weighted by Crippen LogP contribution is -2.18. The van der Waals surface area contributed by atoms with Gasteiger partial charge in [-0.2, -0.15) is 0 Å². The standard InChI is InChI=1S/C22H19ClN8O3/c1-13(16-4-3-9-25-19(16)23)34-22(33)28-20-18(29-30-31(20)2)17-6-5-15(12-26-17)27-21(32)14-7-10-24-11-8-14/h3-13H,1-2H3,(H,27,32)(H,28,33)/t13-/m1/s1. The molecule has 0 saturated carbocycles. The zero-order valence-electron chi connectivity index (χ0n) is 18.1. The second-order valence-electron chi connectivity index (χ2n) is 7.09. The van der Waals surface area contributed by atoms with Gasteiger partial charge in [0.1, 0.15) is 11.3 Å². The summed E-state index contributed by atoms with van der Waals surface area (Å²) in [6.45, 7) is 1.69. The van der Waals surface area contributed by atoms with Crippen molar-refractivity contribution in [1.82, 2.24) is 29.9 Å². The van der Waals surface area contributed by atoms with Crippen LogP contribution in [0, 0.1) is 0 Å². The maximum absolute atomic E-state index is 12.5. The van der Waals surface area contributed by atoms with E-state index in [-0.39, 0.29) is 16.9 Å². The number of anilines is 2. The van der Waals surface area contributed by atoms with Crippen LogP contribution in [0.2, 0.25) is 5.15 Å². The summed E-state index contributed by atoms with van der Waals surface area (Å²) in [4.78, 5) is 37.0. The maximum atomic E-state index is 12.5. The molecule has 0 aliphatic heterocycles. The highest BCUT2D eigenvalue weighted by Gasteiger charge is 2.20. The van der Waals surface area contributed by atoms with Gasteiger partial charge in [-0.3, -0.25) is 20.1 Å². The van der Waals surface area contributed by atoms with Crippen molar-refractivity contribution in [3.8, 4) is 11.4 Å². The van der Waals surface area contributed by atoms with Crippen molar-refractivity contribution in [2.24, 2.45) is 7.05 Å². The van der Waals surface area contributed by atoms with Crippen LogP contribution in [0.5, 0.6) is 0 Å². The molecule has 12 heteroatoms. The summed E-state index contributed by atoms with van der Waals surface area (Å²) in [5.74, 6) is -0.0000482. The molecule has 0 aliphatic rings. The molecule has 0 saturated heterocycles. The second-order valence-corrected chi connectivity index (χ2v) is 7.45. The van der Waals surface area contributed by atoms with Crippen LogP contribution in [0.25, 0.3) is 11.4 Å². The molecule has 0 radical (unpaired) electrons. The lowest BCUT2D eigenvalue weighted by atomic mass is 10.2. The number of nitrogens with one attached hydrogen (secondary N) is 2. The predicted molar refractivity (Wildman–Crippen MR) is 124 cm³/mol. The summed E-state index contributed by atoms with van der Waals surface area (Å²) in [7, 11) is 1.62. The van der Waals surface area contributed by atoms with Gasteiger partial charge in [-0.05, 0) is 37.3 Å². The number of hydrogen-bond donors (Lipinski definition) is 2. The number of amides is 2.